The fraction of sp³-hybridized carbons (Fsp3) is 0.817. The van der Waals surface area contributed by atoms with Crippen molar-refractivity contribution in [2.24, 2.45) is 0 Å². The predicted octanol–water partition coefficient (Wildman–Crippen LogP) is 13.8. The maximum absolute atomic E-state index is 13.3. The van der Waals surface area contributed by atoms with Gasteiger partial charge in [0, 0.05) is 6.42 Å². The number of rotatable bonds is 56. The number of aliphatic hydroxyl groups excluding tert-OH is 8. The SMILES string of the molecule is CC/C=C\C/C=C\C/C=C\C/C=C\C/C=C\C/C=C\CCCCCCCCCCCCCCCCCCC(=O)NC(COC1OC(CO)C(OC2OC(CO)C(O)C(O)C2O)C(O)C1O)C(O)CCCCCCCCCCCCCCCCCC. The zero-order valence-corrected chi connectivity index (χ0v) is 53.6. The van der Waals surface area contributed by atoms with Crippen molar-refractivity contribution in [1.82, 2.24) is 5.32 Å². The molecule has 0 bridgehead atoms. The molecule has 0 aromatic heterocycles. The molecule has 14 heteroatoms. The van der Waals surface area contributed by atoms with E-state index in [9.17, 15) is 45.6 Å². The Morgan fingerprint density at radius 3 is 1.25 bits per heavy atom. The summed E-state index contributed by atoms with van der Waals surface area (Å²) in [5, 5.41) is 87.5. The Morgan fingerprint density at radius 1 is 0.435 bits per heavy atom. The molecule has 85 heavy (non-hydrogen) atoms. The molecule has 2 saturated heterocycles. The Hall–Kier alpha value is -2.57. The van der Waals surface area contributed by atoms with Crippen molar-refractivity contribution in [2.75, 3.05) is 19.8 Å². The highest BCUT2D eigenvalue weighted by molar-refractivity contribution is 5.76. The normalized spacial score (nSPS) is 24.0. The van der Waals surface area contributed by atoms with Crippen LogP contribution in [0.5, 0.6) is 0 Å². The van der Waals surface area contributed by atoms with Gasteiger partial charge in [0.15, 0.2) is 12.6 Å². The Balaban J connectivity index is 1.62. The van der Waals surface area contributed by atoms with Crippen LogP contribution >= 0.6 is 0 Å². The van der Waals surface area contributed by atoms with Crippen molar-refractivity contribution < 1.29 is 64.6 Å². The van der Waals surface area contributed by atoms with E-state index in [1.54, 1.807) is 0 Å². The van der Waals surface area contributed by atoms with E-state index in [0.29, 0.717) is 12.8 Å². The number of amides is 1. The summed E-state index contributed by atoms with van der Waals surface area (Å²) in [6, 6.07) is -0.831. The molecular weight excluding hydrogens is 1070 g/mol. The van der Waals surface area contributed by atoms with Crippen LogP contribution in [-0.4, -0.2) is 140 Å². The molecule has 0 aromatic rings. The van der Waals surface area contributed by atoms with E-state index < -0.39 is 86.8 Å². The Morgan fingerprint density at radius 2 is 0.812 bits per heavy atom. The molecule has 0 aromatic carbocycles. The van der Waals surface area contributed by atoms with Crippen LogP contribution in [0.2, 0.25) is 0 Å². The lowest BCUT2D eigenvalue weighted by Crippen LogP contribution is -2.65. The molecule has 0 saturated carbocycles. The average Bonchev–Trinajstić information content (AvgIpc) is 3.70. The summed E-state index contributed by atoms with van der Waals surface area (Å²) in [7, 11) is 0. The van der Waals surface area contributed by atoms with E-state index in [4.69, 9.17) is 18.9 Å². The first-order valence-electron chi connectivity index (χ1n) is 34.7. The summed E-state index contributed by atoms with van der Waals surface area (Å²) in [5.41, 5.74) is 0. The number of aliphatic hydroxyl groups is 8. The largest absolute Gasteiger partial charge is 0.394 e. The van der Waals surface area contributed by atoms with Gasteiger partial charge in [0.2, 0.25) is 5.91 Å². The van der Waals surface area contributed by atoms with Crippen molar-refractivity contribution in [3.8, 4) is 0 Å². The van der Waals surface area contributed by atoms with Gasteiger partial charge in [-0.2, -0.15) is 0 Å². The summed E-state index contributed by atoms with van der Waals surface area (Å²) in [6.45, 7) is 2.77. The zero-order valence-electron chi connectivity index (χ0n) is 53.6. The van der Waals surface area contributed by atoms with Gasteiger partial charge in [0.1, 0.15) is 48.8 Å². The first-order valence-corrected chi connectivity index (χ1v) is 34.7. The van der Waals surface area contributed by atoms with E-state index in [1.165, 1.54) is 161 Å². The summed E-state index contributed by atoms with van der Waals surface area (Å²) < 4.78 is 22.9. The molecule has 9 N–H and O–H groups in total. The first-order chi connectivity index (χ1) is 41.6. The van der Waals surface area contributed by atoms with Gasteiger partial charge in [-0.1, -0.05) is 279 Å². The quantitative estimate of drug-likeness (QED) is 0.0204. The number of allylic oxidation sites excluding steroid dienone is 12. The minimum Gasteiger partial charge on any atom is -0.394 e. The molecule has 12 unspecified atom stereocenters. The van der Waals surface area contributed by atoms with E-state index in [-0.39, 0.29) is 12.5 Å². The van der Waals surface area contributed by atoms with E-state index in [1.807, 2.05) is 0 Å². The van der Waals surface area contributed by atoms with Crippen LogP contribution in [0.1, 0.15) is 277 Å². The van der Waals surface area contributed by atoms with Crippen LogP contribution in [0.15, 0.2) is 72.9 Å². The lowest BCUT2D eigenvalue weighted by atomic mass is 9.97. The standard InChI is InChI=1S/C71H127NO13/c1-3-5-7-9-11-13-15-17-19-21-22-23-24-25-26-27-28-29-30-31-32-33-34-35-36-37-38-39-41-43-45-47-49-51-53-55-63(76)72-59(60(75)54-52-50-48-46-44-42-40-20-18-16-14-12-10-8-6-4-2)58-82-70-68(81)66(79)69(62(57-74)84-70)85-71-67(80)65(78)64(77)61(56-73)83-71/h5,7,11,13,17,19,22-23,25-26,28-29,59-62,64-71,73-75,77-81H,3-4,6,8-10,12,14-16,18,20-21,24,27,30-58H2,1-2H3,(H,72,76)/b7-5-,13-11-,19-17-,23-22-,26-25-,29-28-. The van der Waals surface area contributed by atoms with E-state index in [0.717, 1.165) is 89.9 Å². The second-order valence-electron chi connectivity index (χ2n) is 24.3. The van der Waals surface area contributed by atoms with Crippen LogP contribution in [0.25, 0.3) is 0 Å². The summed E-state index contributed by atoms with van der Waals surface area (Å²) in [6.07, 6.45) is 57.7. The molecule has 494 valence electrons. The molecule has 0 aliphatic carbocycles. The number of carbonyl (C=O) groups excluding carboxylic acids is 1. The summed E-state index contributed by atoms with van der Waals surface area (Å²) in [4.78, 5) is 13.3. The maximum atomic E-state index is 13.3. The van der Waals surface area contributed by atoms with Crippen LogP contribution in [-0.2, 0) is 23.7 Å². The minimum atomic E-state index is -1.78. The van der Waals surface area contributed by atoms with Gasteiger partial charge in [-0.05, 0) is 64.2 Å². The number of unbranched alkanes of at least 4 members (excludes halogenated alkanes) is 31. The molecule has 2 heterocycles. The number of hydrogen-bond donors (Lipinski definition) is 9. The maximum Gasteiger partial charge on any atom is 0.220 e. The highest BCUT2D eigenvalue weighted by atomic mass is 16.7. The van der Waals surface area contributed by atoms with Crippen LogP contribution in [0.3, 0.4) is 0 Å². The number of nitrogens with one attached hydrogen (secondary N) is 1. The van der Waals surface area contributed by atoms with Crippen LogP contribution < -0.4 is 5.32 Å². The molecule has 1 amide bonds. The van der Waals surface area contributed by atoms with Gasteiger partial charge in [-0.15, -0.1) is 0 Å². The molecule has 2 aliphatic rings. The summed E-state index contributed by atoms with van der Waals surface area (Å²) in [5.74, 6) is -0.206. The third kappa shape index (κ3) is 39.9. The monoisotopic (exact) mass is 1200 g/mol. The third-order valence-corrected chi connectivity index (χ3v) is 16.7. The topological polar surface area (TPSA) is 228 Å². The molecule has 0 spiro atoms. The first kappa shape index (κ1) is 78.5. The van der Waals surface area contributed by atoms with E-state index >= 15 is 0 Å². The molecule has 0 radical (unpaired) electrons. The average molecular weight is 1200 g/mol. The van der Waals surface area contributed by atoms with Gasteiger partial charge in [0.05, 0.1) is 32.0 Å². The predicted molar refractivity (Wildman–Crippen MR) is 346 cm³/mol. The number of carbonyl (C=O) groups is 1. The molecule has 2 rings (SSSR count). The van der Waals surface area contributed by atoms with Crippen LogP contribution in [0.4, 0.5) is 0 Å². The second-order valence-corrected chi connectivity index (χ2v) is 24.3. The number of ether oxygens (including phenoxy) is 4. The Kier molecular flexibility index (Phi) is 51.3. The fourth-order valence-electron chi connectivity index (χ4n) is 11.2. The Labute approximate surface area is 517 Å². The second kappa shape index (κ2) is 55.5. The molecule has 12 atom stereocenters. The molecular formula is C71H127NO13. The van der Waals surface area contributed by atoms with Crippen molar-refractivity contribution in [2.45, 2.75) is 351 Å². The summed E-state index contributed by atoms with van der Waals surface area (Å²) >= 11 is 0. The molecule has 14 nitrogen and oxygen atoms in total. The van der Waals surface area contributed by atoms with Gasteiger partial charge < -0.3 is 65.1 Å². The van der Waals surface area contributed by atoms with Crippen molar-refractivity contribution >= 4 is 5.91 Å². The van der Waals surface area contributed by atoms with E-state index in [2.05, 4.69) is 92.1 Å². The fourth-order valence-corrected chi connectivity index (χ4v) is 11.2. The van der Waals surface area contributed by atoms with Gasteiger partial charge in [0.25, 0.3) is 0 Å². The lowest BCUT2D eigenvalue weighted by Gasteiger charge is -2.46. The van der Waals surface area contributed by atoms with Crippen molar-refractivity contribution in [3.63, 3.8) is 0 Å². The van der Waals surface area contributed by atoms with Crippen LogP contribution in [0, 0.1) is 0 Å². The minimum absolute atomic E-state index is 0.206. The molecule has 2 fully saturated rings. The van der Waals surface area contributed by atoms with Gasteiger partial charge in [-0.25, -0.2) is 0 Å². The highest BCUT2D eigenvalue weighted by Crippen LogP contribution is 2.30. The number of hydrogen-bond acceptors (Lipinski definition) is 13. The van der Waals surface area contributed by atoms with Crippen molar-refractivity contribution in [3.05, 3.63) is 72.9 Å². The lowest BCUT2D eigenvalue weighted by molar-refractivity contribution is -0.359. The third-order valence-electron chi connectivity index (χ3n) is 16.7. The highest BCUT2D eigenvalue weighted by Gasteiger charge is 2.51. The molecule has 2 aliphatic heterocycles. The van der Waals surface area contributed by atoms with Crippen molar-refractivity contribution in [1.29, 1.82) is 0 Å². The van der Waals surface area contributed by atoms with Gasteiger partial charge in [-0.3, -0.25) is 4.79 Å². The smallest absolute Gasteiger partial charge is 0.220 e. The van der Waals surface area contributed by atoms with Gasteiger partial charge >= 0.3 is 0 Å². The Bertz CT molecular complexity index is 1700. The zero-order chi connectivity index (χ0) is 61.6.